The predicted octanol–water partition coefficient (Wildman–Crippen LogP) is 5.96. The van der Waals surface area contributed by atoms with Crippen molar-refractivity contribution >= 4 is 28.8 Å². The summed E-state index contributed by atoms with van der Waals surface area (Å²) in [4.78, 5) is 11.0. The number of hydrogen-bond donors (Lipinski definition) is 2. The summed E-state index contributed by atoms with van der Waals surface area (Å²) in [6.07, 6.45) is 12.2. The second kappa shape index (κ2) is 12.3. The van der Waals surface area contributed by atoms with Gasteiger partial charge in [0.05, 0.1) is 11.9 Å². The van der Waals surface area contributed by atoms with Gasteiger partial charge in [0, 0.05) is 37.6 Å². The Morgan fingerprint density at radius 3 is 2.62 bits per heavy atom. The van der Waals surface area contributed by atoms with Gasteiger partial charge < -0.3 is 20.3 Å². The van der Waals surface area contributed by atoms with Gasteiger partial charge in [-0.3, -0.25) is 4.98 Å². The lowest BCUT2D eigenvalue weighted by molar-refractivity contribution is 0.462. The summed E-state index contributed by atoms with van der Waals surface area (Å²) in [5, 5.41) is 7.25. The number of anilines is 2. The van der Waals surface area contributed by atoms with Crippen LogP contribution in [0.5, 0.6) is 11.5 Å². The highest BCUT2D eigenvalue weighted by molar-refractivity contribution is 7.80. The number of pyridine rings is 2. The van der Waals surface area contributed by atoms with E-state index in [-0.39, 0.29) is 0 Å². The lowest BCUT2D eigenvalue weighted by Gasteiger charge is -2.33. The van der Waals surface area contributed by atoms with Crippen molar-refractivity contribution in [2.75, 3.05) is 23.3 Å². The first kappa shape index (κ1) is 24.0. The first-order chi connectivity index (χ1) is 16.7. The van der Waals surface area contributed by atoms with Gasteiger partial charge >= 0.3 is 0 Å². The molecule has 34 heavy (non-hydrogen) atoms. The number of benzene rings is 1. The molecule has 0 unspecified atom stereocenters. The smallest absolute Gasteiger partial charge is 0.171 e. The normalized spacial score (nSPS) is 14.0. The van der Waals surface area contributed by atoms with Crippen molar-refractivity contribution in [3.63, 3.8) is 0 Å². The number of hydrogen-bond acceptors (Lipinski definition) is 5. The highest BCUT2D eigenvalue weighted by Gasteiger charge is 2.21. The minimum Gasteiger partial charge on any atom is -0.457 e. The minimum atomic E-state index is 0.336. The molecule has 1 aromatic carbocycles. The zero-order valence-electron chi connectivity index (χ0n) is 19.7. The molecule has 6 nitrogen and oxygen atoms in total. The van der Waals surface area contributed by atoms with Crippen molar-refractivity contribution in [2.45, 2.75) is 51.5 Å². The second-order valence-electron chi connectivity index (χ2n) is 8.65. The lowest BCUT2D eigenvalue weighted by Crippen LogP contribution is -2.46. The molecular weight excluding hydrogens is 442 g/mol. The molecule has 0 radical (unpaired) electrons. The first-order valence-corrected chi connectivity index (χ1v) is 12.6. The number of ether oxygens (including phenoxy) is 1. The average molecular weight is 476 g/mol. The molecule has 0 spiro atoms. The summed E-state index contributed by atoms with van der Waals surface area (Å²) in [7, 11) is 0. The largest absolute Gasteiger partial charge is 0.457 e. The van der Waals surface area contributed by atoms with Gasteiger partial charge in [-0.1, -0.05) is 31.9 Å². The van der Waals surface area contributed by atoms with Crippen LogP contribution in [0, 0.1) is 0 Å². The van der Waals surface area contributed by atoms with E-state index in [0.717, 1.165) is 55.4 Å². The van der Waals surface area contributed by atoms with Crippen LogP contribution >= 0.6 is 12.2 Å². The van der Waals surface area contributed by atoms with E-state index >= 15 is 0 Å². The number of thiocarbonyl (C=S) groups is 1. The van der Waals surface area contributed by atoms with Gasteiger partial charge in [-0.15, -0.1) is 0 Å². The number of nitrogens with one attached hydrogen (secondary N) is 2. The van der Waals surface area contributed by atoms with Crippen LogP contribution in [0.25, 0.3) is 0 Å². The molecule has 3 aromatic rings. The Bertz CT molecular complexity index is 1040. The van der Waals surface area contributed by atoms with E-state index in [1.54, 1.807) is 12.4 Å². The van der Waals surface area contributed by atoms with Crippen molar-refractivity contribution in [3.05, 3.63) is 72.7 Å². The molecule has 0 atom stereocenters. The summed E-state index contributed by atoms with van der Waals surface area (Å²) in [5.74, 6) is 2.61. The summed E-state index contributed by atoms with van der Waals surface area (Å²) < 4.78 is 6.11. The summed E-state index contributed by atoms with van der Waals surface area (Å²) >= 11 is 5.46. The molecule has 7 heteroatoms. The number of nitrogens with zero attached hydrogens (tertiary/aromatic N) is 3. The first-order valence-electron chi connectivity index (χ1n) is 12.1. The van der Waals surface area contributed by atoms with E-state index in [1.807, 2.05) is 30.5 Å². The molecule has 0 aliphatic carbocycles. The highest BCUT2D eigenvalue weighted by Crippen LogP contribution is 2.26. The van der Waals surface area contributed by atoms with Crippen molar-refractivity contribution in [1.82, 2.24) is 15.3 Å². The topological polar surface area (TPSA) is 62.3 Å². The van der Waals surface area contributed by atoms with Crippen LogP contribution in [-0.4, -0.2) is 34.2 Å². The third-order valence-corrected chi connectivity index (χ3v) is 6.24. The fraction of sp³-hybridized carbons (Fsp3) is 0.370. The minimum absolute atomic E-state index is 0.336. The maximum Gasteiger partial charge on any atom is 0.171 e. The number of aryl methyl sites for hydroxylation is 1. The molecule has 1 aliphatic rings. The average Bonchev–Trinajstić information content (AvgIpc) is 2.86. The van der Waals surface area contributed by atoms with Gasteiger partial charge in [0.25, 0.3) is 0 Å². The third kappa shape index (κ3) is 7.15. The van der Waals surface area contributed by atoms with E-state index in [9.17, 15) is 0 Å². The van der Waals surface area contributed by atoms with Crippen LogP contribution in [-0.2, 0) is 6.42 Å². The Labute approximate surface area is 207 Å². The summed E-state index contributed by atoms with van der Waals surface area (Å²) in [6, 6.07) is 16.6. The monoisotopic (exact) mass is 475 g/mol. The van der Waals surface area contributed by atoms with Crippen molar-refractivity contribution in [2.24, 2.45) is 0 Å². The third-order valence-electron chi connectivity index (χ3n) is 6.02. The predicted molar refractivity (Wildman–Crippen MR) is 143 cm³/mol. The standard InChI is InChI=1S/C27H33N5OS/c1-2-3-4-6-21-8-10-24(11-9-21)33-25-12-16-29-26(19-25)32-17-13-22(14-18-32)30-27(34)31-23-7-5-15-28-20-23/h5,7-12,15-16,19-20,22H,2-4,6,13-14,17-18H2,1H3,(H2,30,31,34). The highest BCUT2D eigenvalue weighted by atomic mass is 32.1. The Hall–Kier alpha value is -3.19. The van der Waals surface area contributed by atoms with E-state index < -0.39 is 0 Å². The Balaban J connectivity index is 1.26. The van der Waals surface area contributed by atoms with Crippen LogP contribution in [0.2, 0.25) is 0 Å². The molecule has 4 rings (SSSR count). The van der Waals surface area contributed by atoms with Gasteiger partial charge in [-0.2, -0.15) is 0 Å². The molecule has 2 N–H and O–H groups in total. The zero-order chi connectivity index (χ0) is 23.6. The van der Waals surface area contributed by atoms with Gasteiger partial charge in [0.15, 0.2) is 5.11 Å². The van der Waals surface area contributed by atoms with Gasteiger partial charge in [-0.05, 0) is 73.8 Å². The number of aromatic nitrogens is 2. The summed E-state index contributed by atoms with van der Waals surface area (Å²) in [5.41, 5.74) is 2.26. The van der Waals surface area contributed by atoms with Crippen LogP contribution in [0.3, 0.4) is 0 Å². The molecule has 1 fully saturated rings. The van der Waals surface area contributed by atoms with Crippen molar-refractivity contribution in [3.8, 4) is 11.5 Å². The molecular formula is C27H33N5OS. The fourth-order valence-corrected chi connectivity index (χ4v) is 4.40. The molecule has 0 saturated carbocycles. The fourth-order valence-electron chi connectivity index (χ4n) is 4.12. The Morgan fingerprint density at radius 1 is 1.06 bits per heavy atom. The Kier molecular flexibility index (Phi) is 8.68. The number of rotatable bonds is 9. The van der Waals surface area contributed by atoms with Crippen LogP contribution in [0.15, 0.2) is 67.1 Å². The molecule has 2 aromatic heterocycles. The lowest BCUT2D eigenvalue weighted by atomic mass is 10.1. The van der Waals surface area contributed by atoms with E-state index in [4.69, 9.17) is 17.0 Å². The quantitative estimate of drug-likeness (QED) is 0.293. The van der Waals surface area contributed by atoms with Gasteiger partial charge in [-0.25, -0.2) is 4.98 Å². The van der Waals surface area contributed by atoms with Crippen molar-refractivity contribution in [1.29, 1.82) is 0 Å². The SMILES string of the molecule is CCCCCc1ccc(Oc2ccnc(N3CCC(NC(=S)Nc4cccnc4)CC3)c2)cc1. The second-order valence-corrected chi connectivity index (χ2v) is 9.06. The van der Waals surface area contributed by atoms with Gasteiger partial charge in [0.1, 0.15) is 17.3 Å². The van der Waals surface area contributed by atoms with E-state index in [0.29, 0.717) is 11.2 Å². The molecule has 0 bridgehead atoms. The molecule has 1 aliphatic heterocycles. The molecule has 1 saturated heterocycles. The van der Waals surface area contributed by atoms with Crippen LogP contribution in [0.4, 0.5) is 11.5 Å². The summed E-state index contributed by atoms with van der Waals surface area (Å²) in [6.45, 7) is 4.06. The maximum atomic E-state index is 6.11. The van der Waals surface area contributed by atoms with E-state index in [1.165, 1.54) is 24.8 Å². The molecule has 3 heterocycles. The van der Waals surface area contributed by atoms with Crippen LogP contribution < -0.4 is 20.3 Å². The zero-order valence-corrected chi connectivity index (χ0v) is 20.6. The maximum absolute atomic E-state index is 6.11. The molecule has 178 valence electrons. The van der Waals surface area contributed by atoms with Gasteiger partial charge in [0.2, 0.25) is 0 Å². The number of unbranched alkanes of at least 4 members (excludes halogenated alkanes) is 2. The number of piperidine rings is 1. The Morgan fingerprint density at radius 2 is 1.88 bits per heavy atom. The van der Waals surface area contributed by atoms with Crippen molar-refractivity contribution < 1.29 is 4.74 Å². The van der Waals surface area contributed by atoms with Crippen LogP contribution in [0.1, 0.15) is 44.6 Å². The molecule has 0 amide bonds. The van der Waals surface area contributed by atoms with E-state index in [2.05, 4.69) is 56.7 Å².